The summed E-state index contributed by atoms with van der Waals surface area (Å²) < 4.78 is 32.3. The van der Waals surface area contributed by atoms with Gasteiger partial charge >= 0.3 is 19.8 Å². The van der Waals surface area contributed by atoms with E-state index in [0.29, 0.717) is 12.8 Å². The van der Waals surface area contributed by atoms with E-state index in [1.165, 1.54) is 57.8 Å². The molecule has 40 heavy (non-hydrogen) atoms. The fraction of sp³-hybridized carbons (Fsp3) is 0.931. The summed E-state index contributed by atoms with van der Waals surface area (Å²) in [6.45, 7) is 2.28. The molecule has 0 aliphatic rings. The molecule has 0 aromatic rings. The molecule has 0 heterocycles. The van der Waals surface area contributed by atoms with E-state index in [0.717, 1.165) is 38.5 Å². The molecule has 238 valence electrons. The molecule has 0 aliphatic carbocycles. The lowest BCUT2D eigenvalue weighted by molar-refractivity contribution is -0.161. The fourth-order valence-electron chi connectivity index (χ4n) is 4.05. The summed E-state index contributed by atoms with van der Waals surface area (Å²) in [7, 11) is -4.59. The molecule has 11 heteroatoms. The van der Waals surface area contributed by atoms with Crippen molar-refractivity contribution < 1.29 is 47.8 Å². The Kier molecular flexibility index (Phi) is 26.2. The number of phosphoric acid groups is 1. The van der Waals surface area contributed by atoms with E-state index in [-0.39, 0.29) is 19.4 Å². The molecule has 0 rings (SSSR count). The van der Waals surface area contributed by atoms with Crippen molar-refractivity contribution in [1.82, 2.24) is 0 Å². The lowest BCUT2D eigenvalue weighted by Gasteiger charge is -2.20. The summed E-state index contributed by atoms with van der Waals surface area (Å²) in [5.74, 6) is -0.930. The molecule has 0 radical (unpaired) electrons. The minimum Gasteiger partial charge on any atom is -0.462 e. The van der Waals surface area contributed by atoms with Gasteiger partial charge in [0, 0.05) is 12.8 Å². The van der Waals surface area contributed by atoms with Crippen molar-refractivity contribution in [2.24, 2.45) is 0 Å². The lowest BCUT2D eigenvalue weighted by atomic mass is 10.1. The average Bonchev–Trinajstić information content (AvgIpc) is 2.93. The highest BCUT2D eigenvalue weighted by Gasteiger charge is 2.27. The van der Waals surface area contributed by atoms with Crippen LogP contribution in [0.2, 0.25) is 0 Å². The summed E-state index contributed by atoms with van der Waals surface area (Å²) in [5.41, 5.74) is 0. The van der Waals surface area contributed by atoms with Gasteiger partial charge in [0.05, 0.1) is 19.8 Å². The lowest BCUT2D eigenvalue weighted by Crippen LogP contribution is -2.29. The summed E-state index contributed by atoms with van der Waals surface area (Å²) in [5, 5.41) is 18.1. The van der Waals surface area contributed by atoms with Gasteiger partial charge in [0.1, 0.15) is 12.7 Å². The summed E-state index contributed by atoms with van der Waals surface area (Å²) in [4.78, 5) is 34.4. The molecule has 0 spiro atoms. The summed E-state index contributed by atoms with van der Waals surface area (Å²) in [6, 6.07) is 0. The molecule has 0 aromatic carbocycles. The number of phosphoric ester groups is 1. The number of hydrogen-bond donors (Lipinski definition) is 3. The van der Waals surface area contributed by atoms with Gasteiger partial charge in [0.15, 0.2) is 6.10 Å². The molecule has 0 bridgehead atoms. The van der Waals surface area contributed by atoms with Gasteiger partial charge in [0.2, 0.25) is 0 Å². The summed E-state index contributed by atoms with van der Waals surface area (Å²) >= 11 is 0. The predicted molar refractivity (Wildman–Crippen MR) is 155 cm³/mol. The second-order valence-electron chi connectivity index (χ2n) is 10.5. The number of aliphatic hydroxyl groups excluding tert-OH is 2. The number of esters is 2. The van der Waals surface area contributed by atoms with Gasteiger partial charge < -0.3 is 24.6 Å². The molecule has 0 saturated heterocycles. The van der Waals surface area contributed by atoms with Crippen LogP contribution in [0.4, 0.5) is 0 Å². The maximum absolute atomic E-state index is 12.4. The normalized spacial score (nSPS) is 14.4. The van der Waals surface area contributed by atoms with Crippen LogP contribution in [0, 0.1) is 0 Å². The van der Waals surface area contributed by atoms with Gasteiger partial charge in [-0.25, -0.2) is 4.57 Å². The van der Waals surface area contributed by atoms with E-state index in [9.17, 15) is 24.2 Å². The summed E-state index contributed by atoms with van der Waals surface area (Å²) in [6.07, 6.45) is 16.8. The van der Waals surface area contributed by atoms with Crippen LogP contribution in [0.1, 0.15) is 136 Å². The van der Waals surface area contributed by atoms with Crippen molar-refractivity contribution in [2.75, 3.05) is 26.4 Å². The molecule has 0 aromatic heterocycles. The zero-order valence-corrected chi connectivity index (χ0v) is 26.0. The number of rotatable bonds is 29. The Labute approximate surface area is 242 Å². The van der Waals surface area contributed by atoms with E-state index in [2.05, 4.69) is 18.4 Å². The van der Waals surface area contributed by atoms with Gasteiger partial charge in [-0.2, -0.15) is 0 Å². The SMILES string of the molecule is CCCCCCCCCCCC(=O)O[C@H](COC(=O)CCCCCCCCCC)COP(=O)(O)OC[C@@H](O)CO. The largest absolute Gasteiger partial charge is 0.472 e. The van der Waals surface area contributed by atoms with Gasteiger partial charge in [-0.05, 0) is 12.8 Å². The standard InChI is InChI=1S/C29H57O10P/c1-3-5-7-9-11-13-15-17-19-21-29(33)39-27(25-38-40(34,35)37-23-26(31)22-30)24-36-28(32)20-18-16-14-12-10-8-6-4-2/h26-27,30-31H,3-25H2,1-2H3,(H,34,35)/t26-,27+/m0/s1. The molecule has 1 unspecified atom stereocenters. The van der Waals surface area contributed by atoms with Crippen LogP contribution < -0.4 is 0 Å². The van der Waals surface area contributed by atoms with E-state index < -0.39 is 51.8 Å². The Balaban J connectivity index is 4.48. The zero-order valence-electron chi connectivity index (χ0n) is 25.1. The first kappa shape index (κ1) is 39.0. The molecule has 0 fully saturated rings. The third-order valence-electron chi connectivity index (χ3n) is 6.51. The number of aliphatic hydroxyl groups is 2. The number of ether oxygens (including phenoxy) is 2. The molecular weight excluding hydrogens is 539 g/mol. The van der Waals surface area contributed by atoms with Crippen LogP contribution in [-0.2, 0) is 32.7 Å². The maximum Gasteiger partial charge on any atom is 0.472 e. The van der Waals surface area contributed by atoms with Crippen LogP contribution in [0.3, 0.4) is 0 Å². The molecule has 3 atom stereocenters. The van der Waals surface area contributed by atoms with Crippen LogP contribution in [-0.4, -0.2) is 65.7 Å². The number of carbonyl (C=O) groups excluding carboxylic acids is 2. The molecule has 0 aliphatic heterocycles. The monoisotopic (exact) mass is 596 g/mol. The Morgan fingerprint density at radius 2 is 1.07 bits per heavy atom. The van der Waals surface area contributed by atoms with E-state index >= 15 is 0 Å². The smallest absolute Gasteiger partial charge is 0.462 e. The van der Waals surface area contributed by atoms with Crippen LogP contribution in [0.25, 0.3) is 0 Å². The Hall–Kier alpha value is -1.03. The first-order chi connectivity index (χ1) is 19.2. The van der Waals surface area contributed by atoms with Crippen LogP contribution >= 0.6 is 7.82 Å². The average molecular weight is 597 g/mol. The van der Waals surface area contributed by atoms with Gasteiger partial charge in [-0.15, -0.1) is 0 Å². The van der Waals surface area contributed by atoms with E-state index in [1.807, 2.05) is 0 Å². The van der Waals surface area contributed by atoms with Crippen LogP contribution in [0.5, 0.6) is 0 Å². The third-order valence-corrected chi connectivity index (χ3v) is 7.46. The number of hydrogen-bond acceptors (Lipinski definition) is 9. The maximum atomic E-state index is 12.4. The van der Waals surface area contributed by atoms with Crippen molar-refractivity contribution in [2.45, 2.75) is 148 Å². The molecule has 10 nitrogen and oxygen atoms in total. The predicted octanol–water partition coefficient (Wildman–Crippen LogP) is 6.38. The molecule has 3 N–H and O–H groups in total. The Bertz CT molecular complexity index is 661. The van der Waals surface area contributed by atoms with Crippen molar-refractivity contribution in [3.63, 3.8) is 0 Å². The molecule has 0 amide bonds. The minimum absolute atomic E-state index is 0.189. The molecular formula is C29H57O10P. The van der Waals surface area contributed by atoms with Crippen molar-refractivity contribution >= 4 is 19.8 Å². The third kappa shape index (κ3) is 25.9. The van der Waals surface area contributed by atoms with Gasteiger partial charge in [-0.3, -0.25) is 18.6 Å². The van der Waals surface area contributed by atoms with Crippen molar-refractivity contribution in [3.8, 4) is 0 Å². The minimum atomic E-state index is -4.59. The number of carbonyl (C=O) groups is 2. The highest BCUT2D eigenvalue weighted by Crippen LogP contribution is 2.43. The highest BCUT2D eigenvalue weighted by molar-refractivity contribution is 7.47. The van der Waals surface area contributed by atoms with Crippen LogP contribution in [0.15, 0.2) is 0 Å². The second kappa shape index (κ2) is 26.8. The van der Waals surface area contributed by atoms with E-state index in [1.54, 1.807) is 0 Å². The topological polar surface area (TPSA) is 149 Å². The van der Waals surface area contributed by atoms with Crippen molar-refractivity contribution in [1.29, 1.82) is 0 Å². The Morgan fingerprint density at radius 3 is 1.55 bits per heavy atom. The fourth-order valence-corrected chi connectivity index (χ4v) is 4.84. The molecule has 0 saturated carbocycles. The van der Waals surface area contributed by atoms with Gasteiger partial charge in [-0.1, -0.05) is 110 Å². The highest BCUT2D eigenvalue weighted by atomic mass is 31.2. The second-order valence-corrected chi connectivity index (χ2v) is 11.9. The van der Waals surface area contributed by atoms with Gasteiger partial charge in [0.25, 0.3) is 0 Å². The first-order valence-electron chi connectivity index (χ1n) is 15.5. The Morgan fingerprint density at radius 1 is 0.650 bits per heavy atom. The zero-order chi connectivity index (χ0) is 29.9. The van der Waals surface area contributed by atoms with Crippen molar-refractivity contribution in [3.05, 3.63) is 0 Å². The first-order valence-corrected chi connectivity index (χ1v) is 17.0. The number of unbranched alkanes of at least 4 members (excludes halogenated alkanes) is 15. The van der Waals surface area contributed by atoms with E-state index in [4.69, 9.17) is 19.1 Å². The quantitative estimate of drug-likeness (QED) is 0.0504.